The van der Waals surface area contributed by atoms with Crippen molar-refractivity contribution in [2.75, 3.05) is 6.61 Å². The molecule has 4 atom stereocenters. The second-order valence-electron chi connectivity index (χ2n) is 3.99. The maximum Gasteiger partial charge on any atom is 0.330 e. The zero-order valence-corrected chi connectivity index (χ0v) is 9.63. The van der Waals surface area contributed by atoms with Crippen molar-refractivity contribution in [1.29, 1.82) is 0 Å². The number of aliphatic hydroxyl groups excluding tert-OH is 2. The molecule has 3 N–H and O–H groups in total. The van der Waals surface area contributed by atoms with E-state index in [0.717, 1.165) is 16.8 Å². The van der Waals surface area contributed by atoms with Gasteiger partial charge >= 0.3 is 5.69 Å². The van der Waals surface area contributed by atoms with Crippen LogP contribution < -0.4 is 11.2 Å². The summed E-state index contributed by atoms with van der Waals surface area (Å²) in [5.74, 6) is 0. The molecule has 0 saturated carbocycles. The molecule has 0 spiro atoms. The first kappa shape index (κ1) is 13.5. The molecule has 0 bridgehead atoms. The van der Waals surface area contributed by atoms with Crippen molar-refractivity contribution in [3.05, 3.63) is 33.1 Å². The summed E-state index contributed by atoms with van der Waals surface area (Å²) in [6.07, 6.45) is -3.68. The molecule has 1 aliphatic rings. The van der Waals surface area contributed by atoms with E-state index in [1.54, 1.807) is 0 Å². The Morgan fingerprint density at radius 3 is 2.79 bits per heavy atom. The van der Waals surface area contributed by atoms with E-state index in [-0.39, 0.29) is 13.1 Å². The van der Waals surface area contributed by atoms with Crippen molar-refractivity contribution in [1.82, 2.24) is 9.55 Å². The SMILES string of the molecule is O=COC[C@H]1O[C@@H](n2ccc(=O)[nH]c2=O)[C@@H](O)C1O. The summed E-state index contributed by atoms with van der Waals surface area (Å²) in [6, 6.07) is 1.08. The molecule has 0 aromatic carbocycles. The van der Waals surface area contributed by atoms with Gasteiger partial charge in [0.05, 0.1) is 0 Å². The van der Waals surface area contributed by atoms with E-state index in [1.807, 2.05) is 4.98 Å². The largest absolute Gasteiger partial charge is 0.465 e. The highest BCUT2D eigenvalue weighted by molar-refractivity contribution is 5.37. The second kappa shape index (κ2) is 5.34. The van der Waals surface area contributed by atoms with E-state index in [1.165, 1.54) is 0 Å². The zero-order valence-electron chi connectivity index (χ0n) is 9.63. The van der Waals surface area contributed by atoms with Crippen molar-refractivity contribution in [3.63, 3.8) is 0 Å². The number of aromatic amines is 1. The lowest BCUT2D eigenvalue weighted by Crippen LogP contribution is -2.37. The maximum absolute atomic E-state index is 11.5. The van der Waals surface area contributed by atoms with Gasteiger partial charge < -0.3 is 19.7 Å². The molecule has 1 aromatic rings. The van der Waals surface area contributed by atoms with Gasteiger partial charge in [0.15, 0.2) is 6.23 Å². The topological polar surface area (TPSA) is 131 Å². The van der Waals surface area contributed by atoms with Crippen LogP contribution in [0.25, 0.3) is 0 Å². The van der Waals surface area contributed by atoms with E-state index in [9.17, 15) is 24.6 Å². The number of aliphatic hydroxyl groups is 2. The molecule has 0 aliphatic carbocycles. The standard InChI is InChI=1S/C10H12N2O7/c13-4-18-3-5-7(15)8(16)9(19-5)12-2-1-6(14)11-10(12)17/h1-2,4-5,7-9,15-16H,3H2,(H,11,14,17)/t5-,7?,8+,9-/m1/s1. The fourth-order valence-electron chi connectivity index (χ4n) is 1.86. The van der Waals surface area contributed by atoms with Crippen molar-refractivity contribution in [2.45, 2.75) is 24.5 Å². The van der Waals surface area contributed by atoms with Crippen molar-refractivity contribution < 1.29 is 24.5 Å². The van der Waals surface area contributed by atoms with E-state index in [4.69, 9.17) is 4.74 Å². The third kappa shape index (κ3) is 2.57. The molecular weight excluding hydrogens is 260 g/mol. The highest BCUT2D eigenvalue weighted by atomic mass is 16.6. The van der Waals surface area contributed by atoms with Crippen LogP contribution in [0.1, 0.15) is 6.23 Å². The van der Waals surface area contributed by atoms with Crippen molar-refractivity contribution in [3.8, 4) is 0 Å². The van der Waals surface area contributed by atoms with Crippen LogP contribution in [0.2, 0.25) is 0 Å². The van der Waals surface area contributed by atoms with Gasteiger partial charge in [0.1, 0.15) is 24.9 Å². The first-order chi connectivity index (χ1) is 9.04. The monoisotopic (exact) mass is 272 g/mol. The number of aromatic nitrogens is 2. The lowest BCUT2D eigenvalue weighted by Gasteiger charge is -2.16. The molecule has 9 nitrogen and oxygen atoms in total. The summed E-state index contributed by atoms with van der Waals surface area (Å²) in [6.45, 7) is -0.0711. The molecule has 19 heavy (non-hydrogen) atoms. The minimum atomic E-state index is -1.39. The highest BCUT2D eigenvalue weighted by Crippen LogP contribution is 2.28. The normalized spacial score (nSPS) is 30.2. The van der Waals surface area contributed by atoms with Crippen LogP contribution in [-0.4, -0.2) is 51.2 Å². The number of hydrogen-bond acceptors (Lipinski definition) is 7. The molecule has 1 aliphatic heterocycles. The van der Waals surface area contributed by atoms with E-state index >= 15 is 0 Å². The highest BCUT2D eigenvalue weighted by Gasteiger charge is 2.44. The molecule has 1 aromatic heterocycles. The van der Waals surface area contributed by atoms with Crippen LogP contribution in [0.5, 0.6) is 0 Å². The van der Waals surface area contributed by atoms with Gasteiger partial charge in [-0.1, -0.05) is 0 Å². The van der Waals surface area contributed by atoms with Gasteiger partial charge in [-0.05, 0) is 0 Å². The van der Waals surface area contributed by atoms with Crippen LogP contribution in [0.3, 0.4) is 0 Å². The Hall–Kier alpha value is -1.97. The van der Waals surface area contributed by atoms with Gasteiger partial charge in [-0.2, -0.15) is 0 Å². The lowest BCUT2D eigenvalue weighted by molar-refractivity contribution is -0.135. The summed E-state index contributed by atoms with van der Waals surface area (Å²) < 4.78 is 10.6. The molecule has 2 heterocycles. The van der Waals surface area contributed by atoms with E-state index in [2.05, 4.69) is 4.74 Å². The smallest absolute Gasteiger partial charge is 0.330 e. The van der Waals surface area contributed by atoms with Crippen molar-refractivity contribution in [2.24, 2.45) is 0 Å². The van der Waals surface area contributed by atoms with Gasteiger partial charge in [0.25, 0.3) is 12.0 Å². The summed E-state index contributed by atoms with van der Waals surface area (Å²) in [4.78, 5) is 34.6. The Morgan fingerprint density at radius 1 is 1.42 bits per heavy atom. The van der Waals surface area contributed by atoms with Gasteiger partial charge in [0, 0.05) is 12.3 Å². The third-order valence-corrected chi connectivity index (χ3v) is 2.79. The number of H-pyrrole nitrogens is 1. The first-order valence-corrected chi connectivity index (χ1v) is 5.43. The molecule has 1 saturated heterocycles. The Balaban J connectivity index is 2.23. The van der Waals surface area contributed by atoms with Gasteiger partial charge in [-0.15, -0.1) is 0 Å². The van der Waals surface area contributed by atoms with Crippen molar-refractivity contribution >= 4 is 6.47 Å². The summed E-state index contributed by atoms with van der Waals surface area (Å²) in [5, 5.41) is 19.5. The number of carbonyl (C=O) groups is 1. The Morgan fingerprint density at radius 2 is 2.16 bits per heavy atom. The molecule has 0 amide bonds. The third-order valence-electron chi connectivity index (χ3n) is 2.79. The molecule has 0 radical (unpaired) electrons. The van der Waals surface area contributed by atoms with E-state index < -0.39 is 35.8 Å². The van der Waals surface area contributed by atoms with Gasteiger partial charge in [-0.3, -0.25) is 19.1 Å². The summed E-state index contributed by atoms with van der Waals surface area (Å²) in [5.41, 5.74) is -1.36. The minimum absolute atomic E-state index is 0.183. The van der Waals surface area contributed by atoms with Crippen LogP contribution in [-0.2, 0) is 14.3 Å². The number of nitrogens with zero attached hydrogens (tertiary/aromatic N) is 1. The average molecular weight is 272 g/mol. The van der Waals surface area contributed by atoms with Gasteiger partial charge in [-0.25, -0.2) is 4.79 Å². The van der Waals surface area contributed by atoms with Crippen LogP contribution in [0.15, 0.2) is 21.9 Å². The Bertz CT molecular complexity index is 565. The van der Waals surface area contributed by atoms with Crippen LogP contribution in [0, 0.1) is 0 Å². The Labute approximate surface area is 106 Å². The zero-order chi connectivity index (χ0) is 14.0. The number of rotatable bonds is 4. The van der Waals surface area contributed by atoms with Crippen LogP contribution in [0.4, 0.5) is 0 Å². The maximum atomic E-state index is 11.5. The first-order valence-electron chi connectivity index (χ1n) is 5.43. The van der Waals surface area contributed by atoms with E-state index in [0.29, 0.717) is 0 Å². The lowest BCUT2D eigenvalue weighted by atomic mass is 10.1. The predicted molar refractivity (Wildman–Crippen MR) is 59.3 cm³/mol. The number of ether oxygens (including phenoxy) is 2. The predicted octanol–water partition coefficient (Wildman–Crippen LogP) is -2.67. The molecule has 2 rings (SSSR count). The quantitative estimate of drug-likeness (QED) is 0.509. The number of hydrogen-bond donors (Lipinski definition) is 3. The minimum Gasteiger partial charge on any atom is -0.465 e. The molecule has 9 heteroatoms. The fourth-order valence-corrected chi connectivity index (χ4v) is 1.86. The fraction of sp³-hybridized carbons (Fsp3) is 0.500. The average Bonchev–Trinajstić information content (AvgIpc) is 2.64. The number of carbonyl (C=O) groups excluding carboxylic acids is 1. The molecule has 104 valence electrons. The second-order valence-corrected chi connectivity index (χ2v) is 3.99. The van der Waals surface area contributed by atoms with Gasteiger partial charge in [0.2, 0.25) is 0 Å². The number of nitrogens with one attached hydrogen (secondary N) is 1. The summed E-state index contributed by atoms with van der Waals surface area (Å²) >= 11 is 0. The molecular formula is C10H12N2O7. The summed E-state index contributed by atoms with van der Waals surface area (Å²) in [7, 11) is 0. The molecule has 1 unspecified atom stereocenters. The Kier molecular flexibility index (Phi) is 3.79. The molecule has 1 fully saturated rings. The van der Waals surface area contributed by atoms with Crippen LogP contribution >= 0.6 is 0 Å².